The molecule has 4 N–H and O–H groups in total. The second kappa shape index (κ2) is 11.5. The molecule has 0 aliphatic rings. The Balaban J connectivity index is 0.000000304. The summed E-state index contributed by atoms with van der Waals surface area (Å²) in [5.41, 5.74) is 0. The lowest BCUT2D eigenvalue weighted by molar-refractivity contribution is -0.137. The SMILES string of the molecule is CCC(=O)O.O=C(O)CCc1ncc[nH]1.c1c[nH]cn1. The van der Waals surface area contributed by atoms with Crippen LogP contribution in [0.4, 0.5) is 0 Å². The highest BCUT2D eigenvalue weighted by molar-refractivity contribution is 5.66. The van der Waals surface area contributed by atoms with Gasteiger partial charge in [0, 0.05) is 37.6 Å². The number of carbonyl (C=O) groups is 2. The van der Waals surface area contributed by atoms with Gasteiger partial charge in [-0.05, 0) is 0 Å². The predicted molar refractivity (Wildman–Crippen MR) is 71.1 cm³/mol. The van der Waals surface area contributed by atoms with Crippen molar-refractivity contribution < 1.29 is 19.8 Å². The number of carboxylic acid groups (broad SMARTS) is 2. The molecule has 0 aliphatic heterocycles. The Bertz CT molecular complexity index is 437. The van der Waals surface area contributed by atoms with Crippen LogP contribution in [0.15, 0.2) is 31.1 Å². The fourth-order valence-electron chi connectivity index (χ4n) is 0.875. The minimum Gasteiger partial charge on any atom is -0.481 e. The van der Waals surface area contributed by atoms with Gasteiger partial charge in [0.25, 0.3) is 0 Å². The van der Waals surface area contributed by atoms with Crippen LogP contribution in [0.25, 0.3) is 0 Å². The molecular weight excluding hydrogens is 264 g/mol. The number of aryl methyl sites for hydroxylation is 1. The number of hydrogen-bond donors (Lipinski definition) is 4. The van der Waals surface area contributed by atoms with Crippen molar-refractivity contribution in [2.75, 3.05) is 0 Å². The summed E-state index contributed by atoms with van der Waals surface area (Å²) in [5.74, 6) is -0.816. The first kappa shape index (κ1) is 17.4. The molecule has 0 spiro atoms. The molecule has 0 amide bonds. The Morgan fingerprint density at radius 2 is 1.90 bits per heavy atom. The van der Waals surface area contributed by atoms with E-state index in [0.29, 0.717) is 6.42 Å². The number of nitrogens with one attached hydrogen (secondary N) is 2. The summed E-state index contributed by atoms with van der Waals surface area (Å²) in [6.45, 7) is 1.60. The lowest BCUT2D eigenvalue weighted by Gasteiger charge is -1.89. The number of imidazole rings is 2. The largest absolute Gasteiger partial charge is 0.481 e. The third-order valence-electron chi connectivity index (χ3n) is 1.84. The van der Waals surface area contributed by atoms with Gasteiger partial charge in [-0.2, -0.15) is 0 Å². The third kappa shape index (κ3) is 11.8. The molecule has 8 heteroatoms. The molecule has 20 heavy (non-hydrogen) atoms. The standard InChI is InChI=1S/C6H8N2O2.C3H4N2.C3H6O2/c9-6(10)2-1-5-7-3-4-8-5;1-2-5-3-4-1;1-2-3(4)5/h3-4H,1-2H2,(H,7,8)(H,9,10);1-3H,(H,4,5);2H2,1H3,(H,4,5). The van der Waals surface area contributed by atoms with Gasteiger partial charge in [0.15, 0.2) is 0 Å². The molecular formula is C12H18N4O4. The normalized spacial score (nSPS) is 8.65. The van der Waals surface area contributed by atoms with Gasteiger partial charge in [-0.15, -0.1) is 0 Å². The Morgan fingerprint density at radius 3 is 2.20 bits per heavy atom. The summed E-state index contributed by atoms with van der Waals surface area (Å²) in [7, 11) is 0. The Labute approximate surface area is 115 Å². The van der Waals surface area contributed by atoms with Crippen LogP contribution in [0.3, 0.4) is 0 Å². The molecule has 0 saturated carbocycles. The highest BCUT2D eigenvalue weighted by Gasteiger charge is 1.98. The van der Waals surface area contributed by atoms with E-state index in [2.05, 4.69) is 19.9 Å². The first-order valence-corrected chi connectivity index (χ1v) is 5.90. The van der Waals surface area contributed by atoms with Gasteiger partial charge in [-0.1, -0.05) is 6.92 Å². The van der Waals surface area contributed by atoms with Crippen molar-refractivity contribution in [2.24, 2.45) is 0 Å². The number of aromatic amines is 2. The van der Waals surface area contributed by atoms with Crippen LogP contribution in [0.1, 0.15) is 25.6 Å². The van der Waals surface area contributed by atoms with E-state index in [1.54, 1.807) is 38.0 Å². The maximum atomic E-state index is 10.1. The summed E-state index contributed by atoms with van der Waals surface area (Å²) in [6, 6.07) is 0. The number of carboxylic acids is 2. The first-order valence-electron chi connectivity index (χ1n) is 5.90. The minimum absolute atomic E-state index is 0.132. The van der Waals surface area contributed by atoms with Crippen molar-refractivity contribution in [3.63, 3.8) is 0 Å². The zero-order chi connectivity index (χ0) is 15.2. The topological polar surface area (TPSA) is 132 Å². The fraction of sp³-hybridized carbons (Fsp3) is 0.333. The molecule has 2 aromatic rings. The van der Waals surface area contributed by atoms with Crippen molar-refractivity contribution in [1.82, 2.24) is 19.9 Å². The van der Waals surface area contributed by atoms with Crippen molar-refractivity contribution in [3.05, 3.63) is 36.9 Å². The average Bonchev–Trinajstić information content (AvgIpc) is 3.12. The van der Waals surface area contributed by atoms with Crippen molar-refractivity contribution in [3.8, 4) is 0 Å². The van der Waals surface area contributed by atoms with Gasteiger partial charge in [0.2, 0.25) is 0 Å². The van der Waals surface area contributed by atoms with Crippen LogP contribution in [-0.4, -0.2) is 42.1 Å². The second-order valence-electron chi connectivity index (χ2n) is 3.44. The highest BCUT2D eigenvalue weighted by atomic mass is 16.4. The first-order chi connectivity index (χ1) is 9.56. The third-order valence-corrected chi connectivity index (χ3v) is 1.84. The number of aliphatic carboxylic acids is 2. The molecule has 2 aromatic heterocycles. The number of rotatable bonds is 4. The van der Waals surface area contributed by atoms with Gasteiger partial charge in [0.05, 0.1) is 12.7 Å². The van der Waals surface area contributed by atoms with E-state index in [4.69, 9.17) is 10.2 Å². The van der Waals surface area contributed by atoms with Crippen LogP contribution >= 0.6 is 0 Å². The maximum absolute atomic E-state index is 10.1. The Hall–Kier alpha value is -2.64. The van der Waals surface area contributed by atoms with Crippen molar-refractivity contribution in [2.45, 2.75) is 26.2 Å². The molecule has 0 saturated heterocycles. The van der Waals surface area contributed by atoms with E-state index >= 15 is 0 Å². The molecule has 8 nitrogen and oxygen atoms in total. The molecule has 110 valence electrons. The van der Waals surface area contributed by atoms with Gasteiger partial charge in [0.1, 0.15) is 5.82 Å². The number of aromatic nitrogens is 4. The van der Waals surface area contributed by atoms with Crippen molar-refractivity contribution in [1.29, 1.82) is 0 Å². The number of nitrogens with zero attached hydrogens (tertiary/aromatic N) is 2. The van der Waals surface area contributed by atoms with Crippen LogP contribution < -0.4 is 0 Å². The lowest BCUT2D eigenvalue weighted by atomic mass is 10.3. The zero-order valence-corrected chi connectivity index (χ0v) is 11.1. The van der Waals surface area contributed by atoms with Gasteiger partial charge in [-0.25, -0.2) is 9.97 Å². The molecule has 0 fully saturated rings. The predicted octanol–water partition coefficient (Wildman–Crippen LogP) is 1.32. The van der Waals surface area contributed by atoms with E-state index in [1.807, 2.05) is 0 Å². The number of hydrogen-bond acceptors (Lipinski definition) is 4. The van der Waals surface area contributed by atoms with Crippen LogP contribution in [0.5, 0.6) is 0 Å². The van der Waals surface area contributed by atoms with Gasteiger partial charge < -0.3 is 20.2 Å². The van der Waals surface area contributed by atoms with E-state index in [9.17, 15) is 9.59 Å². The van der Waals surface area contributed by atoms with Gasteiger partial charge >= 0.3 is 11.9 Å². The van der Waals surface area contributed by atoms with E-state index in [0.717, 1.165) is 5.82 Å². The van der Waals surface area contributed by atoms with Crippen LogP contribution in [-0.2, 0) is 16.0 Å². The molecule has 0 aliphatic carbocycles. The van der Waals surface area contributed by atoms with E-state index in [-0.39, 0.29) is 12.8 Å². The summed E-state index contributed by atoms with van der Waals surface area (Å²) in [5, 5.41) is 16.0. The molecule has 0 bridgehead atoms. The summed E-state index contributed by atoms with van der Waals surface area (Å²) < 4.78 is 0. The second-order valence-corrected chi connectivity index (χ2v) is 3.44. The van der Waals surface area contributed by atoms with Crippen LogP contribution in [0, 0.1) is 0 Å². The molecule has 0 unspecified atom stereocenters. The minimum atomic E-state index is -0.795. The van der Waals surface area contributed by atoms with E-state index in [1.165, 1.54) is 0 Å². The van der Waals surface area contributed by atoms with Gasteiger partial charge in [-0.3, -0.25) is 9.59 Å². The molecule has 2 heterocycles. The van der Waals surface area contributed by atoms with E-state index < -0.39 is 11.9 Å². The fourth-order valence-corrected chi connectivity index (χ4v) is 0.875. The summed E-state index contributed by atoms with van der Waals surface area (Å²) in [6.07, 6.45) is 9.20. The summed E-state index contributed by atoms with van der Waals surface area (Å²) >= 11 is 0. The quantitative estimate of drug-likeness (QED) is 0.668. The molecule has 0 radical (unpaired) electrons. The maximum Gasteiger partial charge on any atom is 0.303 e. The highest BCUT2D eigenvalue weighted by Crippen LogP contribution is 1.93. The molecule has 0 aromatic carbocycles. The van der Waals surface area contributed by atoms with Crippen LogP contribution in [0.2, 0.25) is 0 Å². The lowest BCUT2D eigenvalue weighted by Crippen LogP contribution is -1.98. The number of H-pyrrole nitrogens is 2. The Kier molecular flexibility index (Phi) is 9.94. The Morgan fingerprint density at radius 1 is 1.20 bits per heavy atom. The zero-order valence-electron chi connectivity index (χ0n) is 11.1. The average molecular weight is 282 g/mol. The smallest absolute Gasteiger partial charge is 0.303 e. The molecule has 2 rings (SSSR count). The molecule has 0 atom stereocenters. The van der Waals surface area contributed by atoms with Crippen molar-refractivity contribution >= 4 is 11.9 Å². The monoisotopic (exact) mass is 282 g/mol. The summed E-state index contributed by atoms with van der Waals surface area (Å²) in [4.78, 5) is 32.5.